The smallest absolute Gasteiger partial charge is 0.784 e. The Morgan fingerprint density at radius 1 is 0.381 bits per heavy atom. The summed E-state index contributed by atoms with van der Waals surface area (Å²) >= 11 is -9.33. The van der Waals surface area contributed by atoms with Crippen molar-refractivity contribution in [2.75, 3.05) is 0 Å². The van der Waals surface area contributed by atoms with Gasteiger partial charge in [0.2, 0.25) is 0 Å². The van der Waals surface area contributed by atoms with E-state index in [9.17, 15) is 0 Å². The zero-order valence-electron chi connectivity index (χ0n) is 9.11. The molecule has 0 aromatic carbocycles. The molecule has 0 heterocycles. The second kappa shape index (κ2) is 84.1. The van der Waals surface area contributed by atoms with E-state index in [0.717, 1.165) is 0 Å². The molecule has 0 spiro atoms. The third kappa shape index (κ3) is 8040. The maximum Gasteiger partial charge on any atom is 3.00 e. The van der Waals surface area contributed by atoms with Gasteiger partial charge < -0.3 is 65.6 Å². The predicted octanol–water partition coefficient (Wildman–Crippen LogP) is -8.79. The van der Waals surface area contributed by atoms with Gasteiger partial charge in [0.1, 0.15) is 0 Å². The van der Waals surface area contributed by atoms with E-state index in [1.54, 1.807) is 0 Å². The first-order valence-electron chi connectivity index (χ1n) is 1.50. The topological polar surface area (TPSA) is 410 Å². The fourth-order valence-corrected chi connectivity index (χ4v) is 0. The molecule has 0 unspecified atom stereocenters. The average Bonchev–Trinajstić information content (AvgIpc) is 1.54. The van der Waals surface area contributed by atoms with Gasteiger partial charge in [-0.2, -0.15) is 0 Å². The average molecular weight is 478 g/mol. The van der Waals surface area contributed by atoms with E-state index in [1.807, 2.05) is 0 Å². The van der Waals surface area contributed by atoms with Gasteiger partial charge in [-0.3, -0.25) is 12.6 Å². The first-order valence-corrected chi connectivity index (χ1v) is 4.50. The Hall–Kier alpha value is 0.969. The van der Waals surface area contributed by atoms with Crippen LogP contribution in [0.5, 0.6) is 0 Å². The summed E-state index contributed by atoms with van der Waals surface area (Å²) in [5.74, 6) is 0. The first kappa shape index (κ1) is 97.2. The van der Waals surface area contributed by atoms with Crippen LogP contribution in [0.2, 0.25) is 0 Å². The molecule has 0 aliphatic rings. The van der Waals surface area contributed by atoms with Crippen LogP contribution < -0.4 is 0 Å². The van der Waals surface area contributed by atoms with E-state index in [2.05, 4.69) is 0 Å². The van der Waals surface area contributed by atoms with Crippen molar-refractivity contribution in [3.63, 3.8) is 0 Å². The molecule has 0 bridgehead atoms. The van der Waals surface area contributed by atoms with Crippen molar-refractivity contribution < 1.29 is 112 Å². The summed E-state index contributed by atoms with van der Waals surface area (Å²) in [6.45, 7) is 0. The first-order chi connectivity index (χ1) is 5.20. The molecule has 0 fully saturated rings. The van der Waals surface area contributed by atoms with Crippen molar-refractivity contribution in [3.05, 3.63) is 0 Å². The van der Waals surface area contributed by atoms with E-state index in [-0.39, 0.29) is 72.5 Å². The molecule has 0 amide bonds. The molecule has 21 heavy (non-hydrogen) atoms. The molecule has 0 saturated carbocycles. The van der Waals surface area contributed by atoms with Crippen molar-refractivity contribution >= 4 is 34.1 Å². The van der Waals surface area contributed by atoms with Gasteiger partial charge in [-0.25, -0.2) is 0 Å². The zero-order valence-corrected chi connectivity index (χ0v) is 13.8. The maximum atomic E-state index is 8.44. The van der Waals surface area contributed by atoms with Gasteiger partial charge >= 0.3 is 34.1 Å². The summed E-state index contributed by atoms with van der Waals surface area (Å²) in [6.07, 6.45) is 0. The molecule has 0 aliphatic heterocycles. The Kier molecular flexibility index (Phi) is 389. The fourth-order valence-electron chi connectivity index (χ4n) is 0. The molecule has 2 radical (unpaired) electrons. The van der Waals surface area contributed by atoms with Crippen LogP contribution in [-0.2, 0) is 68.2 Å². The molecule has 0 atom stereocenters. The predicted molar refractivity (Wildman–Crippen MR) is 54.4 cm³/mol. The summed E-state index contributed by atoms with van der Waals surface area (Å²) < 4.78 is 76.0. The molecular formula is H14Fe2O16S3. The Morgan fingerprint density at radius 2 is 0.381 bits per heavy atom. The van der Waals surface area contributed by atoms with Crippen molar-refractivity contribution in [3.8, 4) is 0 Å². The number of hydrogen-bond donors (Lipinski definition) is 0. The van der Waals surface area contributed by atoms with Crippen LogP contribution in [0.4, 0.5) is 0 Å². The van der Waals surface area contributed by atoms with Crippen LogP contribution in [0.3, 0.4) is 0 Å². The standard InChI is InChI=1S/2Fe.3H2O3S.7H2O/c;;3*1-4(2)3;;;;;;;/h;;3*(H2,1,2,3);7*1H2/q2*+3;;;;;;;;;;/p-6. The van der Waals surface area contributed by atoms with Gasteiger partial charge in [0, 0.05) is 0 Å². The van der Waals surface area contributed by atoms with Crippen LogP contribution in [0.1, 0.15) is 0 Å². The second-order valence-corrected chi connectivity index (χ2v) is 1.84. The van der Waals surface area contributed by atoms with Crippen LogP contribution >= 0.6 is 0 Å². The molecule has 21 heteroatoms. The summed E-state index contributed by atoms with van der Waals surface area (Å²) in [4.78, 5) is 0. The summed E-state index contributed by atoms with van der Waals surface area (Å²) in [7, 11) is 0. The van der Waals surface area contributed by atoms with Crippen LogP contribution in [0.25, 0.3) is 0 Å². The van der Waals surface area contributed by atoms with Gasteiger partial charge in [0.05, 0.1) is 0 Å². The zero-order chi connectivity index (χ0) is 10.7. The van der Waals surface area contributed by atoms with Gasteiger partial charge in [-0.05, 0) is 0 Å². The fraction of sp³-hybridized carbons (Fsp3) is 0. The quantitative estimate of drug-likeness (QED) is 0.235. The molecular weight excluding hydrogens is 464 g/mol. The number of rotatable bonds is 0. The van der Waals surface area contributed by atoms with Gasteiger partial charge in [0.15, 0.2) is 0 Å². The molecule has 0 aromatic heterocycles. The molecule has 0 aliphatic carbocycles. The van der Waals surface area contributed by atoms with Crippen molar-refractivity contribution in [1.82, 2.24) is 0 Å². The monoisotopic (exact) mass is 478 g/mol. The SMILES string of the molecule is O.O.O.O.O.O.O.O=S([O-])[O-].O=S([O-])[O-].O=S([O-])[O-].[Fe+3].[Fe+3]. The molecule has 16 nitrogen and oxygen atoms in total. The summed E-state index contributed by atoms with van der Waals surface area (Å²) in [5, 5.41) is 0. The molecule has 0 aromatic rings. The third-order valence-electron chi connectivity index (χ3n) is 0. The van der Waals surface area contributed by atoms with Crippen LogP contribution in [0.15, 0.2) is 0 Å². The largest absolute Gasteiger partial charge is 3.00 e. The van der Waals surface area contributed by atoms with Crippen molar-refractivity contribution in [2.24, 2.45) is 0 Å². The van der Waals surface area contributed by atoms with Crippen molar-refractivity contribution in [1.29, 1.82) is 0 Å². The van der Waals surface area contributed by atoms with Gasteiger partial charge in [-0.1, -0.05) is 0 Å². The molecule has 144 valence electrons. The summed E-state index contributed by atoms with van der Waals surface area (Å²) in [6, 6.07) is 0. The molecule has 0 rings (SSSR count). The van der Waals surface area contributed by atoms with Crippen LogP contribution in [0, 0.1) is 0 Å². The van der Waals surface area contributed by atoms with E-state index in [0.29, 0.717) is 0 Å². The second-order valence-electron chi connectivity index (χ2n) is 0.612. The molecule has 14 N–H and O–H groups in total. The van der Waals surface area contributed by atoms with E-state index < -0.39 is 34.1 Å². The van der Waals surface area contributed by atoms with Crippen molar-refractivity contribution in [2.45, 2.75) is 0 Å². The third-order valence-corrected chi connectivity index (χ3v) is 0. The Balaban J connectivity index is -0.00000000476. The van der Waals surface area contributed by atoms with E-state index in [4.69, 9.17) is 39.9 Å². The minimum atomic E-state index is -3.11. The normalized spacial score (nSPS) is 5.00. The Labute approximate surface area is 146 Å². The summed E-state index contributed by atoms with van der Waals surface area (Å²) in [5.41, 5.74) is 0. The van der Waals surface area contributed by atoms with Crippen LogP contribution in [-0.4, -0.2) is 78.3 Å². The Morgan fingerprint density at radius 3 is 0.381 bits per heavy atom. The minimum absolute atomic E-state index is 0. The van der Waals surface area contributed by atoms with E-state index >= 15 is 0 Å². The van der Waals surface area contributed by atoms with Gasteiger partial charge in [0.25, 0.3) is 0 Å². The van der Waals surface area contributed by atoms with Gasteiger partial charge in [-0.15, -0.1) is 34.1 Å². The number of hydrogen-bond acceptors (Lipinski definition) is 9. The van der Waals surface area contributed by atoms with E-state index in [1.165, 1.54) is 0 Å². The molecule has 0 saturated heterocycles. The maximum absolute atomic E-state index is 8.44. The Bertz CT molecular complexity index is 119. The minimum Gasteiger partial charge on any atom is -0.784 e.